The fraction of sp³-hybridized carbons (Fsp3) is 0.529. The summed E-state index contributed by atoms with van der Waals surface area (Å²) in [5.41, 5.74) is 0.779. The van der Waals surface area contributed by atoms with Crippen molar-refractivity contribution in [3.63, 3.8) is 0 Å². The van der Waals surface area contributed by atoms with Gasteiger partial charge in [-0.2, -0.15) is 0 Å². The van der Waals surface area contributed by atoms with E-state index in [4.69, 9.17) is 4.74 Å². The second kappa shape index (κ2) is 7.82. The molecule has 0 unspecified atom stereocenters. The Bertz CT molecular complexity index is 533. The lowest BCUT2D eigenvalue weighted by molar-refractivity contribution is -0.123. The molecule has 0 heterocycles. The zero-order valence-electron chi connectivity index (χ0n) is 14.1. The first-order valence-corrected chi connectivity index (χ1v) is 7.57. The van der Waals surface area contributed by atoms with E-state index in [1.54, 1.807) is 18.2 Å². The van der Waals surface area contributed by atoms with E-state index in [0.717, 1.165) is 12.8 Å². The molecule has 1 aromatic carbocycles. The minimum absolute atomic E-state index is 0.0355. The highest BCUT2D eigenvalue weighted by atomic mass is 16.5. The zero-order chi connectivity index (χ0) is 16.8. The molecule has 0 atom stereocenters. The molecule has 0 spiro atoms. The second-order valence-electron chi connectivity index (χ2n) is 6.27. The molecular weight excluding hydrogens is 280 g/mol. The van der Waals surface area contributed by atoms with E-state index in [2.05, 4.69) is 10.6 Å². The van der Waals surface area contributed by atoms with Crippen LogP contribution in [0.3, 0.4) is 0 Å². The molecule has 0 aliphatic carbocycles. The molecule has 2 amide bonds. The Labute approximate surface area is 132 Å². The second-order valence-corrected chi connectivity index (χ2v) is 6.27. The summed E-state index contributed by atoms with van der Waals surface area (Å²) >= 11 is 0. The molecule has 5 nitrogen and oxygen atoms in total. The average molecular weight is 306 g/mol. The van der Waals surface area contributed by atoms with Crippen LogP contribution in [0.25, 0.3) is 0 Å². The van der Waals surface area contributed by atoms with Crippen molar-refractivity contribution in [2.45, 2.75) is 47.0 Å². The topological polar surface area (TPSA) is 67.4 Å². The average Bonchev–Trinajstić information content (AvgIpc) is 2.45. The van der Waals surface area contributed by atoms with Gasteiger partial charge in [-0.25, -0.2) is 0 Å². The first kappa shape index (κ1) is 18.0. The maximum Gasteiger partial charge on any atom is 0.229 e. The summed E-state index contributed by atoms with van der Waals surface area (Å²) in [6, 6.07) is 5.20. The lowest BCUT2D eigenvalue weighted by atomic mass is 9.95. The highest BCUT2D eigenvalue weighted by Crippen LogP contribution is 2.29. The Hall–Kier alpha value is -2.04. The number of hydrogen-bond acceptors (Lipinski definition) is 3. The highest BCUT2D eigenvalue weighted by molar-refractivity contribution is 5.96. The van der Waals surface area contributed by atoms with E-state index in [9.17, 15) is 9.59 Å². The van der Waals surface area contributed by atoms with Crippen LogP contribution in [0.2, 0.25) is 0 Å². The molecule has 0 bridgehead atoms. The summed E-state index contributed by atoms with van der Waals surface area (Å²) in [6.45, 7) is 7.59. The third kappa shape index (κ3) is 5.39. The summed E-state index contributed by atoms with van der Waals surface area (Å²) < 4.78 is 5.29. The largest absolute Gasteiger partial charge is 0.494 e. The number of carbonyl (C=O) groups excluding carboxylic acids is 2. The Morgan fingerprint density at radius 1 is 1.18 bits per heavy atom. The van der Waals surface area contributed by atoms with Crippen molar-refractivity contribution in [3.05, 3.63) is 18.2 Å². The van der Waals surface area contributed by atoms with E-state index < -0.39 is 5.41 Å². The van der Waals surface area contributed by atoms with Crippen LogP contribution < -0.4 is 15.4 Å². The fourth-order valence-electron chi connectivity index (χ4n) is 1.74. The van der Waals surface area contributed by atoms with Crippen molar-refractivity contribution >= 4 is 23.2 Å². The number of amides is 2. The van der Waals surface area contributed by atoms with Gasteiger partial charge in [-0.3, -0.25) is 9.59 Å². The van der Waals surface area contributed by atoms with E-state index >= 15 is 0 Å². The normalized spacial score (nSPS) is 11.0. The van der Waals surface area contributed by atoms with Crippen LogP contribution in [0.4, 0.5) is 11.4 Å². The molecule has 1 aromatic rings. The van der Waals surface area contributed by atoms with Crippen LogP contribution in [-0.4, -0.2) is 18.9 Å². The van der Waals surface area contributed by atoms with Crippen molar-refractivity contribution in [1.82, 2.24) is 0 Å². The van der Waals surface area contributed by atoms with Crippen LogP contribution in [0.15, 0.2) is 18.2 Å². The molecule has 122 valence electrons. The number of methoxy groups -OCH3 is 1. The summed E-state index contributed by atoms with van der Waals surface area (Å²) in [6.07, 6.45) is 2.32. The predicted octanol–water partition coefficient (Wildman–Crippen LogP) is 3.81. The first-order chi connectivity index (χ1) is 10.3. The van der Waals surface area contributed by atoms with Gasteiger partial charge in [0, 0.05) is 23.6 Å². The number of nitrogens with one attached hydrogen (secondary N) is 2. The van der Waals surface area contributed by atoms with Crippen molar-refractivity contribution < 1.29 is 14.3 Å². The van der Waals surface area contributed by atoms with Crippen LogP contribution >= 0.6 is 0 Å². The maximum absolute atomic E-state index is 12.0. The molecule has 0 aromatic heterocycles. The number of carbonyl (C=O) groups is 2. The molecule has 0 fully saturated rings. The smallest absolute Gasteiger partial charge is 0.229 e. The van der Waals surface area contributed by atoms with Crippen LogP contribution in [0, 0.1) is 5.41 Å². The third-order valence-electron chi connectivity index (χ3n) is 3.17. The molecule has 5 heteroatoms. The predicted molar refractivity (Wildman–Crippen MR) is 89.2 cm³/mol. The SMILES string of the molecule is CCCCC(=O)Nc1ccc(NC(=O)C(C)(C)C)cc1OC. The summed E-state index contributed by atoms with van der Waals surface area (Å²) in [5.74, 6) is 0.414. The van der Waals surface area contributed by atoms with Crippen LogP contribution in [0.1, 0.15) is 47.0 Å². The number of anilines is 2. The van der Waals surface area contributed by atoms with E-state index in [1.807, 2.05) is 27.7 Å². The van der Waals surface area contributed by atoms with Gasteiger partial charge in [-0.15, -0.1) is 0 Å². The van der Waals surface area contributed by atoms with Crippen molar-refractivity contribution in [3.8, 4) is 5.75 Å². The summed E-state index contributed by atoms with van der Waals surface area (Å²) in [7, 11) is 1.53. The number of ether oxygens (including phenoxy) is 1. The molecular formula is C17H26N2O3. The molecule has 1 rings (SSSR count). The van der Waals surface area contributed by atoms with Gasteiger partial charge in [0.15, 0.2) is 0 Å². The zero-order valence-corrected chi connectivity index (χ0v) is 14.1. The Morgan fingerprint density at radius 2 is 1.86 bits per heavy atom. The third-order valence-corrected chi connectivity index (χ3v) is 3.17. The molecule has 0 aliphatic heterocycles. The van der Waals surface area contributed by atoms with Crippen molar-refractivity contribution in [2.75, 3.05) is 17.7 Å². The van der Waals surface area contributed by atoms with Gasteiger partial charge in [0.1, 0.15) is 5.75 Å². The van der Waals surface area contributed by atoms with Crippen LogP contribution in [-0.2, 0) is 9.59 Å². The quantitative estimate of drug-likeness (QED) is 0.840. The molecule has 2 N–H and O–H groups in total. The van der Waals surface area contributed by atoms with Crippen molar-refractivity contribution in [1.29, 1.82) is 0 Å². The number of unbranched alkanes of at least 4 members (excludes halogenated alkanes) is 1. The number of hydrogen-bond donors (Lipinski definition) is 2. The summed E-state index contributed by atoms with van der Waals surface area (Å²) in [5, 5.41) is 5.67. The van der Waals surface area contributed by atoms with Gasteiger partial charge >= 0.3 is 0 Å². The lowest BCUT2D eigenvalue weighted by Crippen LogP contribution is -2.27. The van der Waals surface area contributed by atoms with Gasteiger partial charge in [0.2, 0.25) is 11.8 Å². The fourth-order valence-corrected chi connectivity index (χ4v) is 1.74. The van der Waals surface area contributed by atoms with Crippen LogP contribution in [0.5, 0.6) is 5.75 Å². The molecule has 0 radical (unpaired) electrons. The van der Waals surface area contributed by atoms with Gasteiger partial charge in [-0.05, 0) is 18.6 Å². The molecule has 0 saturated carbocycles. The highest BCUT2D eigenvalue weighted by Gasteiger charge is 2.21. The maximum atomic E-state index is 12.0. The Balaban J connectivity index is 2.83. The van der Waals surface area contributed by atoms with Gasteiger partial charge in [-0.1, -0.05) is 34.1 Å². The van der Waals surface area contributed by atoms with Gasteiger partial charge < -0.3 is 15.4 Å². The van der Waals surface area contributed by atoms with Gasteiger partial charge in [0.25, 0.3) is 0 Å². The van der Waals surface area contributed by atoms with Gasteiger partial charge in [0.05, 0.1) is 12.8 Å². The first-order valence-electron chi connectivity index (χ1n) is 7.57. The lowest BCUT2D eigenvalue weighted by Gasteiger charge is -2.18. The Morgan fingerprint density at radius 3 is 2.41 bits per heavy atom. The number of benzene rings is 1. The monoisotopic (exact) mass is 306 g/mol. The van der Waals surface area contributed by atoms with Crippen molar-refractivity contribution in [2.24, 2.45) is 5.41 Å². The standard InChI is InChI=1S/C17H26N2O3/c1-6-7-8-15(20)19-13-10-9-12(11-14(13)22-5)18-16(21)17(2,3)4/h9-11H,6-8H2,1-5H3,(H,18,21)(H,19,20). The molecule has 0 saturated heterocycles. The summed E-state index contributed by atoms with van der Waals surface area (Å²) in [4.78, 5) is 23.8. The molecule has 22 heavy (non-hydrogen) atoms. The van der Waals surface area contributed by atoms with E-state index in [0.29, 0.717) is 23.5 Å². The Kier molecular flexibility index (Phi) is 6.40. The number of rotatable bonds is 6. The minimum atomic E-state index is -0.472. The minimum Gasteiger partial charge on any atom is -0.494 e. The molecule has 0 aliphatic rings. The van der Waals surface area contributed by atoms with E-state index in [-0.39, 0.29) is 11.8 Å². The van der Waals surface area contributed by atoms with E-state index in [1.165, 1.54) is 7.11 Å².